The number of fused-ring (bicyclic) bond motifs is 1. The van der Waals surface area contributed by atoms with E-state index >= 15 is 0 Å². The van der Waals surface area contributed by atoms with Gasteiger partial charge in [-0.05, 0) is 37.5 Å². The fraction of sp³-hybridized carbons (Fsp3) is 0.333. The van der Waals surface area contributed by atoms with E-state index in [0.29, 0.717) is 6.42 Å². The summed E-state index contributed by atoms with van der Waals surface area (Å²) in [6.07, 6.45) is 2.41. The second-order valence-corrected chi connectivity index (χ2v) is 3.69. The Kier molecular flexibility index (Phi) is 2.30. The topological polar surface area (TPSA) is 33.4 Å². The summed E-state index contributed by atoms with van der Waals surface area (Å²) in [5.41, 5.74) is 4.42. The number of furan rings is 1. The molecule has 2 nitrogen and oxygen atoms in total. The first kappa shape index (κ1) is 9.28. The Morgan fingerprint density at radius 3 is 2.79 bits per heavy atom. The Labute approximate surface area is 83.2 Å². The normalized spacial score (nSPS) is 11.1. The summed E-state index contributed by atoms with van der Waals surface area (Å²) in [4.78, 5) is 0. The minimum Gasteiger partial charge on any atom is -0.464 e. The molecule has 0 atom stereocenters. The Morgan fingerprint density at radius 2 is 2.07 bits per heavy atom. The fourth-order valence-electron chi connectivity index (χ4n) is 1.86. The summed E-state index contributed by atoms with van der Waals surface area (Å²) in [6, 6.07) is 4.21. The maximum atomic E-state index is 8.89. The zero-order valence-electron chi connectivity index (χ0n) is 8.50. The lowest BCUT2D eigenvalue weighted by molar-refractivity contribution is 0.299. The first-order valence-electron chi connectivity index (χ1n) is 4.80. The van der Waals surface area contributed by atoms with Crippen LogP contribution in [0.15, 0.2) is 22.8 Å². The van der Waals surface area contributed by atoms with Crippen LogP contribution >= 0.6 is 0 Å². The van der Waals surface area contributed by atoms with Gasteiger partial charge in [0.05, 0.1) is 6.26 Å². The minimum absolute atomic E-state index is 0.168. The summed E-state index contributed by atoms with van der Waals surface area (Å²) >= 11 is 0. The maximum absolute atomic E-state index is 8.89. The van der Waals surface area contributed by atoms with E-state index in [9.17, 15) is 0 Å². The third kappa shape index (κ3) is 1.42. The van der Waals surface area contributed by atoms with E-state index < -0.39 is 0 Å². The Balaban J connectivity index is 2.66. The maximum Gasteiger partial charge on any atom is 0.137 e. The predicted octanol–water partition coefficient (Wildman–Crippen LogP) is 2.58. The molecule has 2 rings (SSSR count). The van der Waals surface area contributed by atoms with E-state index in [1.54, 1.807) is 6.26 Å². The molecule has 0 aliphatic rings. The second kappa shape index (κ2) is 3.46. The molecule has 0 bridgehead atoms. The monoisotopic (exact) mass is 190 g/mol. The molecule has 0 aliphatic heterocycles. The largest absolute Gasteiger partial charge is 0.464 e. The Hall–Kier alpha value is -1.28. The SMILES string of the molecule is Cc1cc(C)c2occ(CCO)c2c1. The number of rotatable bonds is 2. The first-order valence-corrected chi connectivity index (χ1v) is 4.80. The molecule has 1 aromatic heterocycles. The molecule has 0 aliphatic carbocycles. The number of aryl methyl sites for hydroxylation is 2. The van der Waals surface area contributed by atoms with Crippen molar-refractivity contribution in [2.45, 2.75) is 20.3 Å². The second-order valence-electron chi connectivity index (χ2n) is 3.69. The van der Waals surface area contributed by atoms with Gasteiger partial charge in [-0.1, -0.05) is 6.07 Å². The summed E-state index contributed by atoms with van der Waals surface area (Å²) in [6.45, 7) is 4.28. The van der Waals surface area contributed by atoms with Crippen LogP contribution in [0.1, 0.15) is 16.7 Å². The van der Waals surface area contributed by atoms with Crippen molar-refractivity contribution in [3.63, 3.8) is 0 Å². The summed E-state index contributed by atoms with van der Waals surface area (Å²) in [7, 11) is 0. The predicted molar refractivity (Wildman–Crippen MR) is 56.5 cm³/mol. The molecule has 74 valence electrons. The van der Waals surface area contributed by atoms with Crippen LogP contribution in [-0.4, -0.2) is 11.7 Å². The van der Waals surface area contributed by atoms with Crippen LogP contribution in [0, 0.1) is 13.8 Å². The summed E-state index contributed by atoms with van der Waals surface area (Å²) in [5.74, 6) is 0. The van der Waals surface area contributed by atoms with Gasteiger partial charge in [0.2, 0.25) is 0 Å². The zero-order valence-corrected chi connectivity index (χ0v) is 8.50. The van der Waals surface area contributed by atoms with Crippen LogP contribution in [0.2, 0.25) is 0 Å². The van der Waals surface area contributed by atoms with Crippen LogP contribution in [0.3, 0.4) is 0 Å². The summed E-state index contributed by atoms with van der Waals surface area (Å²) in [5, 5.41) is 10.0. The van der Waals surface area contributed by atoms with Gasteiger partial charge in [0.15, 0.2) is 0 Å². The molecule has 14 heavy (non-hydrogen) atoms. The van der Waals surface area contributed by atoms with Gasteiger partial charge in [-0.25, -0.2) is 0 Å². The van der Waals surface area contributed by atoms with Crippen molar-refractivity contribution in [3.8, 4) is 0 Å². The van der Waals surface area contributed by atoms with Gasteiger partial charge in [0.1, 0.15) is 5.58 Å². The molecule has 0 spiro atoms. The van der Waals surface area contributed by atoms with Gasteiger partial charge in [0, 0.05) is 17.6 Å². The van der Waals surface area contributed by atoms with Gasteiger partial charge < -0.3 is 9.52 Å². The molecular weight excluding hydrogens is 176 g/mol. The molecule has 0 amide bonds. The van der Waals surface area contributed by atoms with Gasteiger partial charge in [-0.15, -0.1) is 0 Å². The van der Waals surface area contributed by atoms with E-state index in [4.69, 9.17) is 9.52 Å². The molecule has 0 unspecified atom stereocenters. The van der Waals surface area contributed by atoms with Gasteiger partial charge in [0.25, 0.3) is 0 Å². The third-order valence-corrected chi connectivity index (χ3v) is 2.47. The van der Waals surface area contributed by atoms with Crippen LogP contribution in [0.4, 0.5) is 0 Å². The van der Waals surface area contributed by atoms with Crippen LogP contribution in [-0.2, 0) is 6.42 Å². The van der Waals surface area contributed by atoms with Crippen molar-refractivity contribution < 1.29 is 9.52 Å². The van der Waals surface area contributed by atoms with Crippen molar-refractivity contribution >= 4 is 11.0 Å². The van der Waals surface area contributed by atoms with E-state index in [0.717, 1.165) is 22.1 Å². The number of benzene rings is 1. The zero-order chi connectivity index (χ0) is 10.1. The lowest BCUT2D eigenvalue weighted by Crippen LogP contribution is -1.88. The van der Waals surface area contributed by atoms with Gasteiger partial charge in [-0.3, -0.25) is 0 Å². The molecule has 0 saturated carbocycles. The highest BCUT2D eigenvalue weighted by atomic mass is 16.3. The number of hydrogen-bond donors (Lipinski definition) is 1. The average Bonchev–Trinajstić information content (AvgIpc) is 2.49. The van der Waals surface area contributed by atoms with Crippen LogP contribution < -0.4 is 0 Å². The lowest BCUT2D eigenvalue weighted by atomic mass is 10.1. The molecule has 0 radical (unpaired) electrons. The third-order valence-electron chi connectivity index (χ3n) is 2.47. The van der Waals surface area contributed by atoms with E-state index in [-0.39, 0.29) is 6.61 Å². The molecule has 0 fully saturated rings. The molecule has 2 heteroatoms. The average molecular weight is 190 g/mol. The number of hydrogen-bond acceptors (Lipinski definition) is 2. The molecule has 0 saturated heterocycles. The molecule has 2 aromatic rings. The Morgan fingerprint density at radius 1 is 1.29 bits per heavy atom. The van der Waals surface area contributed by atoms with E-state index in [1.807, 2.05) is 6.92 Å². The van der Waals surface area contributed by atoms with Crippen LogP contribution in [0.5, 0.6) is 0 Å². The van der Waals surface area contributed by atoms with Crippen molar-refractivity contribution in [2.24, 2.45) is 0 Å². The molecular formula is C12H14O2. The highest BCUT2D eigenvalue weighted by molar-refractivity contribution is 5.84. The highest BCUT2D eigenvalue weighted by Crippen LogP contribution is 2.25. The van der Waals surface area contributed by atoms with Crippen LogP contribution in [0.25, 0.3) is 11.0 Å². The number of aliphatic hydroxyl groups excluding tert-OH is 1. The lowest BCUT2D eigenvalue weighted by Gasteiger charge is -1.99. The van der Waals surface area contributed by atoms with E-state index in [1.165, 1.54) is 5.56 Å². The van der Waals surface area contributed by atoms with Gasteiger partial charge >= 0.3 is 0 Å². The van der Waals surface area contributed by atoms with E-state index in [2.05, 4.69) is 19.1 Å². The standard InChI is InChI=1S/C12H14O2/c1-8-5-9(2)12-11(6-8)10(3-4-13)7-14-12/h5-7,13H,3-4H2,1-2H3. The van der Waals surface area contributed by atoms with Crippen molar-refractivity contribution in [2.75, 3.05) is 6.61 Å². The van der Waals surface area contributed by atoms with Gasteiger partial charge in [-0.2, -0.15) is 0 Å². The quantitative estimate of drug-likeness (QED) is 0.789. The summed E-state index contributed by atoms with van der Waals surface area (Å²) < 4.78 is 5.48. The molecule has 1 aromatic carbocycles. The fourth-order valence-corrected chi connectivity index (χ4v) is 1.86. The Bertz CT molecular complexity index is 455. The minimum atomic E-state index is 0.168. The smallest absolute Gasteiger partial charge is 0.137 e. The van der Waals surface area contributed by atoms with Crippen molar-refractivity contribution in [1.29, 1.82) is 0 Å². The van der Waals surface area contributed by atoms with Crippen molar-refractivity contribution in [1.82, 2.24) is 0 Å². The highest BCUT2D eigenvalue weighted by Gasteiger charge is 2.07. The molecule has 1 N–H and O–H groups in total. The molecule has 1 heterocycles. The first-order chi connectivity index (χ1) is 6.72. The van der Waals surface area contributed by atoms with Crippen molar-refractivity contribution in [3.05, 3.63) is 35.1 Å². The number of aliphatic hydroxyl groups is 1.